The Kier molecular flexibility index (Phi) is 1.81. The number of nitrogens with zero attached hydrogens (tertiary/aromatic N) is 1. The molecule has 0 aromatic carbocycles. The summed E-state index contributed by atoms with van der Waals surface area (Å²) in [6.07, 6.45) is 0. The van der Waals surface area contributed by atoms with Gasteiger partial charge in [0.05, 0.1) is 9.47 Å². The van der Waals surface area contributed by atoms with Crippen molar-refractivity contribution in [2.75, 3.05) is 0 Å². The SMILES string of the molecule is Cc1cc(OP)ns1. The molecule has 0 saturated carbocycles. The predicted molar refractivity (Wildman–Crippen MR) is 37.2 cm³/mol. The second-order valence-corrected chi connectivity index (χ2v) is 2.64. The third kappa shape index (κ3) is 1.17. The van der Waals surface area contributed by atoms with Crippen LogP contribution in [-0.4, -0.2) is 4.37 Å². The minimum atomic E-state index is 0.678. The van der Waals surface area contributed by atoms with E-state index in [9.17, 15) is 0 Å². The minimum absolute atomic E-state index is 0.678. The lowest BCUT2D eigenvalue weighted by atomic mass is 10.5. The van der Waals surface area contributed by atoms with Gasteiger partial charge in [-0.25, -0.2) is 0 Å². The van der Waals surface area contributed by atoms with Crippen LogP contribution in [0, 0.1) is 6.92 Å². The second kappa shape index (κ2) is 2.42. The molecule has 4 heteroatoms. The number of hydrogen-bond acceptors (Lipinski definition) is 3. The largest absolute Gasteiger partial charge is 0.463 e. The van der Waals surface area contributed by atoms with E-state index in [1.165, 1.54) is 16.4 Å². The average molecular weight is 147 g/mol. The lowest BCUT2D eigenvalue weighted by Gasteiger charge is -1.84. The summed E-state index contributed by atoms with van der Waals surface area (Å²) in [6, 6.07) is 1.89. The van der Waals surface area contributed by atoms with Crippen molar-refractivity contribution in [1.82, 2.24) is 4.37 Å². The van der Waals surface area contributed by atoms with E-state index in [4.69, 9.17) is 4.52 Å². The lowest BCUT2D eigenvalue weighted by molar-refractivity contribution is 0.626. The number of hydrogen-bond donors (Lipinski definition) is 0. The maximum Gasteiger partial charge on any atom is 0.227 e. The first kappa shape index (κ1) is 5.99. The van der Waals surface area contributed by atoms with Gasteiger partial charge in [-0.1, -0.05) is 0 Å². The molecule has 0 aliphatic rings. The molecule has 0 N–H and O–H groups in total. The Morgan fingerprint density at radius 3 is 2.88 bits per heavy atom. The van der Waals surface area contributed by atoms with Gasteiger partial charge in [0.25, 0.3) is 0 Å². The fourth-order valence-electron chi connectivity index (χ4n) is 0.399. The smallest absolute Gasteiger partial charge is 0.227 e. The Morgan fingerprint density at radius 2 is 2.62 bits per heavy atom. The molecule has 44 valence electrons. The normalized spacial score (nSPS) is 9.25. The Bertz CT molecular complexity index is 176. The molecule has 0 amide bonds. The summed E-state index contributed by atoms with van der Waals surface area (Å²) < 4.78 is 8.68. The second-order valence-electron chi connectivity index (χ2n) is 1.39. The Balaban J connectivity index is 2.84. The molecule has 0 fully saturated rings. The third-order valence-electron chi connectivity index (χ3n) is 0.727. The summed E-state index contributed by atoms with van der Waals surface area (Å²) in [6.45, 7) is 1.99. The Labute approximate surface area is 54.3 Å². The van der Waals surface area contributed by atoms with E-state index in [2.05, 4.69) is 13.8 Å². The highest BCUT2D eigenvalue weighted by molar-refractivity contribution is 7.10. The first-order valence-corrected chi connectivity index (χ1v) is 3.37. The van der Waals surface area contributed by atoms with Gasteiger partial charge in [0.15, 0.2) is 0 Å². The van der Waals surface area contributed by atoms with Crippen LogP contribution >= 0.6 is 21.0 Å². The standard InChI is InChI=1S/C4H6NOPS/c1-3-2-4(6-7)5-8-3/h2H,7H2,1H3. The zero-order valence-corrected chi connectivity index (χ0v) is 6.39. The fraction of sp³-hybridized carbons (Fsp3) is 0.250. The van der Waals surface area contributed by atoms with Crippen LogP contribution in [0.4, 0.5) is 0 Å². The van der Waals surface area contributed by atoms with Crippen molar-refractivity contribution in [3.8, 4) is 5.88 Å². The van der Waals surface area contributed by atoms with E-state index in [0.29, 0.717) is 5.88 Å². The zero-order valence-electron chi connectivity index (χ0n) is 4.42. The Hall–Kier alpha value is -0.140. The molecule has 1 aromatic rings. The van der Waals surface area contributed by atoms with E-state index in [-0.39, 0.29) is 0 Å². The molecule has 1 aromatic heterocycles. The summed E-state index contributed by atoms with van der Waals surface area (Å²) in [4.78, 5) is 1.17. The maximum atomic E-state index is 4.75. The van der Waals surface area contributed by atoms with Crippen LogP contribution in [0.15, 0.2) is 6.07 Å². The van der Waals surface area contributed by atoms with Gasteiger partial charge in [-0.3, -0.25) is 0 Å². The van der Waals surface area contributed by atoms with Crippen molar-refractivity contribution in [3.05, 3.63) is 10.9 Å². The summed E-state index contributed by atoms with van der Waals surface area (Å²) in [5.41, 5.74) is 0. The van der Waals surface area contributed by atoms with Crippen molar-refractivity contribution >= 4 is 21.0 Å². The number of rotatable bonds is 1. The van der Waals surface area contributed by atoms with Gasteiger partial charge < -0.3 is 4.52 Å². The molecule has 8 heavy (non-hydrogen) atoms. The molecule has 1 unspecified atom stereocenters. The van der Waals surface area contributed by atoms with E-state index < -0.39 is 0 Å². The van der Waals surface area contributed by atoms with Gasteiger partial charge in [0.1, 0.15) is 0 Å². The monoisotopic (exact) mass is 147 g/mol. The molecule has 0 bridgehead atoms. The summed E-state index contributed by atoms with van der Waals surface area (Å²) in [7, 11) is 2.15. The van der Waals surface area contributed by atoms with Gasteiger partial charge in [0, 0.05) is 10.9 Å². The van der Waals surface area contributed by atoms with Gasteiger partial charge in [0.2, 0.25) is 5.88 Å². The average Bonchev–Trinajstić information content (AvgIpc) is 2.14. The van der Waals surface area contributed by atoms with E-state index in [1.54, 1.807) is 0 Å². The van der Waals surface area contributed by atoms with E-state index in [0.717, 1.165) is 0 Å². The number of aryl methyl sites for hydroxylation is 1. The predicted octanol–water partition coefficient (Wildman–Crippen LogP) is 1.62. The zero-order chi connectivity index (χ0) is 5.98. The number of aromatic nitrogens is 1. The quantitative estimate of drug-likeness (QED) is 0.563. The maximum absolute atomic E-state index is 4.75. The molecule has 2 nitrogen and oxygen atoms in total. The Morgan fingerprint density at radius 1 is 1.88 bits per heavy atom. The van der Waals surface area contributed by atoms with Gasteiger partial charge >= 0.3 is 0 Å². The minimum Gasteiger partial charge on any atom is -0.463 e. The van der Waals surface area contributed by atoms with Crippen LogP contribution in [0.3, 0.4) is 0 Å². The molecule has 0 aliphatic carbocycles. The van der Waals surface area contributed by atoms with Crippen LogP contribution in [0.2, 0.25) is 0 Å². The molecule has 1 heterocycles. The van der Waals surface area contributed by atoms with Crippen molar-refractivity contribution < 1.29 is 4.52 Å². The van der Waals surface area contributed by atoms with Crippen molar-refractivity contribution in [3.63, 3.8) is 0 Å². The highest BCUT2D eigenvalue weighted by Crippen LogP contribution is 2.16. The topological polar surface area (TPSA) is 22.1 Å². The summed E-state index contributed by atoms with van der Waals surface area (Å²) >= 11 is 1.44. The summed E-state index contributed by atoms with van der Waals surface area (Å²) in [5, 5.41) is 0. The first-order valence-electron chi connectivity index (χ1n) is 2.13. The third-order valence-corrected chi connectivity index (χ3v) is 1.65. The van der Waals surface area contributed by atoms with Gasteiger partial charge in [-0.2, -0.15) is 4.37 Å². The highest BCUT2D eigenvalue weighted by atomic mass is 32.1. The van der Waals surface area contributed by atoms with Gasteiger partial charge in [-0.15, -0.1) is 0 Å². The van der Waals surface area contributed by atoms with Crippen LogP contribution in [0.5, 0.6) is 5.88 Å². The molecule has 0 radical (unpaired) electrons. The molecule has 0 saturated heterocycles. The van der Waals surface area contributed by atoms with Crippen molar-refractivity contribution in [2.45, 2.75) is 6.92 Å². The van der Waals surface area contributed by atoms with Crippen LogP contribution in [0.25, 0.3) is 0 Å². The first-order chi connectivity index (χ1) is 3.83. The van der Waals surface area contributed by atoms with Crippen LogP contribution < -0.4 is 4.52 Å². The lowest BCUT2D eigenvalue weighted by Crippen LogP contribution is -1.67. The fourth-order valence-corrected chi connectivity index (χ4v) is 1.08. The summed E-state index contributed by atoms with van der Waals surface area (Å²) in [5.74, 6) is 0.678. The molecular weight excluding hydrogens is 141 g/mol. The van der Waals surface area contributed by atoms with Crippen LogP contribution in [0.1, 0.15) is 4.88 Å². The molecular formula is C4H6NOPS. The van der Waals surface area contributed by atoms with E-state index in [1.807, 2.05) is 13.0 Å². The molecule has 1 atom stereocenters. The van der Waals surface area contributed by atoms with Gasteiger partial charge in [-0.05, 0) is 18.5 Å². The van der Waals surface area contributed by atoms with E-state index >= 15 is 0 Å². The molecule has 0 aliphatic heterocycles. The van der Waals surface area contributed by atoms with Crippen molar-refractivity contribution in [2.24, 2.45) is 0 Å². The van der Waals surface area contributed by atoms with Crippen molar-refractivity contribution in [1.29, 1.82) is 0 Å². The molecule has 1 rings (SSSR count). The van der Waals surface area contributed by atoms with Crippen LogP contribution in [-0.2, 0) is 0 Å². The highest BCUT2D eigenvalue weighted by Gasteiger charge is 1.92. The molecule has 0 spiro atoms.